The van der Waals surface area contributed by atoms with Crippen LogP contribution in [-0.4, -0.2) is 24.1 Å². The Labute approximate surface area is 71.2 Å². The second-order valence-electron chi connectivity index (χ2n) is 2.29. The van der Waals surface area contributed by atoms with Crippen LogP contribution in [-0.2, 0) is 4.74 Å². The Morgan fingerprint density at radius 2 is 2.08 bits per heavy atom. The van der Waals surface area contributed by atoms with Gasteiger partial charge in [0, 0.05) is 0 Å². The summed E-state index contributed by atoms with van der Waals surface area (Å²) in [5, 5.41) is 27.1. The lowest BCUT2D eigenvalue weighted by atomic mass is 10.2. The van der Waals surface area contributed by atoms with Gasteiger partial charge in [-0.15, -0.1) is 0 Å². The van der Waals surface area contributed by atoms with Crippen molar-refractivity contribution >= 4 is 12.0 Å². The van der Waals surface area contributed by atoms with Gasteiger partial charge >= 0.3 is 0 Å². The van der Waals surface area contributed by atoms with Gasteiger partial charge < -0.3 is 20.4 Å². The van der Waals surface area contributed by atoms with Crippen molar-refractivity contribution in [2.45, 2.75) is 5.60 Å². The number of hydrogen-bond acceptors (Lipinski definition) is 5. The van der Waals surface area contributed by atoms with E-state index in [1.807, 2.05) is 0 Å². The van der Waals surface area contributed by atoms with E-state index in [1.165, 1.54) is 0 Å². The highest BCUT2D eigenvalue weighted by molar-refractivity contribution is 5.73. The molecule has 0 atom stereocenters. The standard InChI is InChI=1S/C7H9N2O3/c1-7(2,3)12-6(11)9-4-5(8)10/h1-4H2,(H-2,8,9,10,11). The van der Waals surface area contributed by atoms with Crippen LogP contribution in [0.1, 0.15) is 0 Å². The molecule has 0 aromatic rings. The van der Waals surface area contributed by atoms with Crippen molar-refractivity contribution in [2.24, 2.45) is 4.99 Å². The van der Waals surface area contributed by atoms with Gasteiger partial charge in [-0.1, -0.05) is 0 Å². The van der Waals surface area contributed by atoms with Crippen LogP contribution < -0.4 is 10.2 Å². The summed E-state index contributed by atoms with van der Waals surface area (Å²) in [5.74, 6) is -0.963. The molecule has 0 saturated carbocycles. The van der Waals surface area contributed by atoms with E-state index in [-0.39, 0.29) is 0 Å². The maximum Gasteiger partial charge on any atom is 0.298 e. The lowest BCUT2D eigenvalue weighted by Gasteiger charge is -2.17. The minimum absolute atomic E-state index is 0.519. The molecule has 0 aliphatic rings. The third-order valence-electron chi connectivity index (χ3n) is 0.656. The average molecular weight is 169 g/mol. The van der Waals surface area contributed by atoms with E-state index in [0.29, 0.717) is 0 Å². The van der Waals surface area contributed by atoms with Crippen LogP contribution >= 0.6 is 0 Å². The summed E-state index contributed by atoms with van der Waals surface area (Å²) >= 11 is 0. The number of nitrogens with zero attached hydrogens (tertiary/aromatic N) is 1. The molecule has 0 amide bonds. The normalized spacial score (nSPS) is 12.6. The monoisotopic (exact) mass is 169 g/mol. The van der Waals surface area contributed by atoms with Crippen molar-refractivity contribution < 1.29 is 14.9 Å². The van der Waals surface area contributed by atoms with Crippen LogP contribution in [0, 0.1) is 26.2 Å². The number of nitrogens with one attached hydrogen (secondary N) is 1. The number of rotatable bonds is 3. The van der Waals surface area contributed by atoms with Crippen LogP contribution in [0.15, 0.2) is 4.99 Å². The zero-order chi connectivity index (χ0) is 9.78. The molecule has 1 N–H and O–H groups in total. The third kappa shape index (κ3) is 6.60. The molecule has 0 bridgehead atoms. The van der Waals surface area contributed by atoms with Gasteiger partial charge in [0.15, 0.2) is 6.08 Å². The average Bonchev–Trinajstić information content (AvgIpc) is 1.79. The van der Waals surface area contributed by atoms with E-state index in [0.717, 1.165) is 0 Å². The van der Waals surface area contributed by atoms with Gasteiger partial charge in [-0.3, -0.25) is 4.99 Å². The fourth-order valence-electron chi connectivity index (χ4n) is 0.354. The summed E-state index contributed by atoms with van der Waals surface area (Å²) in [7, 11) is 0. The molecule has 0 aliphatic heterocycles. The lowest BCUT2D eigenvalue weighted by molar-refractivity contribution is -0.257. The summed E-state index contributed by atoms with van der Waals surface area (Å²) in [6.45, 7) is 9.32. The molecular weight excluding hydrogens is 160 g/mol. The second-order valence-corrected chi connectivity index (χ2v) is 2.29. The van der Waals surface area contributed by atoms with Crippen LogP contribution in [0.2, 0.25) is 0 Å². The highest BCUT2D eigenvalue weighted by atomic mass is 16.6. The molecule has 0 aromatic heterocycles. The van der Waals surface area contributed by atoms with Gasteiger partial charge in [0.05, 0.1) is 13.5 Å². The fraction of sp³-hybridized carbons (Fsp3) is 0.286. The summed E-state index contributed by atoms with van der Waals surface area (Å²) in [6, 6.07) is 0. The van der Waals surface area contributed by atoms with Gasteiger partial charge in [-0.2, -0.15) is 0 Å². The second kappa shape index (κ2) is 3.75. The Hall–Kier alpha value is -1.52. The van der Waals surface area contributed by atoms with Crippen LogP contribution in [0.25, 0.3) is 0 Å². The van der Waals surface area contributed by atoms with Crippen molar-refractivity contribution in [1.29, 1.82) is 5.41 Å². The Balaban J connectivity index is 3.95. The quantitative estimate of drug-likeness (QED) is 0.310. The molecule has 0 fully saturated rings. The van der Waals surface area contributed by atoms with E-state index < -0.39 is 24.1 Å². The molecule has 0 spiro atoms. The van der Waals surface area contributed by atoms with Gasteiger partial charge in [-0.05, 0) is 5.90 Å². The molecule has 5 nitrogen and oxygen atoms in total. The Morgan fingerprint density at radius 1 is 1.58 bits per heavy atom. The van der Waals surface area contributed by atoms with E-state index in [4.69, 9.17) is 5.41 Å². The molecular formula is C7H9N2O3. The van der Waals surface area contributed by atoms with Crippen LogP contribution in [0.3, 0.4) is 0 Å². The Morgan fingerprint density at radius 3 is 2.42 bits per heavy atom. The molecule has 0 rings (SSSR count). The van der Waals surface area contributed by atoms with Crippen LogP contribution in [0.4, 0.5) is 0 Å². The summed E-state index contributed by atoms with van der Waals surface area (Å²) in [5.41, 5.74) is -1.36. The number of hydrogen-bond donors (Lipinski definition) is 1. The molecule has 0 saturated heterocycles. The summed E-state index contributed by atoms with van der Waals surface area (Å²) in [4.78, 5) is 3.09. The van der Waals surface area contributed by atoms with E-state index in [9.17, 15) is 10.2 Å². The van der Waals surface area contributed by atoms with Gasteiger partial charge in [0.1, 0.15) is 13.8 Å². The smallest absolute Gasteiger partial charge is 0.298 e. The maximum absolute atomic E-state index is 10.6. The SMILES string of the molecule is [CH2]C([CH2+])([CH2+])OC([O-])=NCC(=N)[O-]. The van der Waals surface area contributed by atoms with E-state index in [2.05, 4.69) is 30.5 Å². The molecule has 1 radical (unpaired) electrons. The van der Waals surface area contributed by atoms with Gasteiger partial charge in [-0.25, -0.2) is 0 Å². The molecule has 5 heteroatoms. The van der Waals surface area contributed by atoms with Crippen molar-refractivity contribution in [3.8, 4) is 0 Å². The Bertz CT molecular complexity index is 193. The largest absolute Gasteiger partial charge is 0.861 e. The zero-order valence-corrected chi connectivity index (χ0v) is 6.50. The maximum atomic E-state index is 10.6. The minimum atomic E-state index is -1.36. The first kappa shape index (κ1) is 10.5. The van der Waals surface area contributed by atoms with E-state index >= 15 is 0 Å². The zero-order valence-electron chi connectivity index (χ0n) is 6.50. The summed E-state index contributed by atoms with van der Waals surface area (Å²) < 4.78 is 4.41. The molecule has 65 valence electrons. The highest BCUT2D eigenvalue weighted by Gasteiger charge is 2.22. The predicted molar refractivity (Wildman–Crippen MR) is 39.9 cm³/mol. The van der Waals surface area contributed by atoms with Crippen molar-refractivity contribution in [2.75, 3.05) is 6.54 Å². The molecule has 0 aliphatic carbocycles. The van der Waals surface area contributed by atoms with Gasteiger partial charge in [0.2, 0.25) is 0 Å². The van der Waals surface area contributed by atoms with Crippen molar-refractivity contribution in [3.05, 3.63) is 20.8 Å². The minimum Gasteiger partial charge on any atom is -0.861 e. The number of aliphatic imine (C=N–C) groups is 1. The van der Waals surface area contributed by atoms with Crippen LogP contribution in [0.5, 0.6) is 0 Å². The molecule has 0 aromatic carbocycles. The lowest BCUT2D eigenvalue weighted by Crippen LogP contribution is -2.33. The topological polar surface area (TPSA) is 91.6 Å². The van der Waals surface area contributed by atoms with Gasteiger partial charge in [0.25, 0.3) is 5.60 Å². The number of ether oxygens (including phenoxy) is 1. The molecule has 12 heavy (non-hydrogen) atoms. The third-order valence-corrected chi connectivity index (χ3v) is 0.656. The predicted octanol–water partition coefficient (Wildman–Crippen LogP) is -1.70. The molecule has 0 unspecified atom stereocenters. The first-order valence-corrected chi connectivity index (χ1v) is 3.02. The summed E-state index contributed by atoms with van der Waals surface area (Å²) in [6.07, 6.45) is -0.990. The highest BCUT2D eigenvalue weighted by Crippen LogP contribution is 2.03. The fourth-order valence-corrected chi connectivity index (χ4v) is 0.354. The first-order valence-electron chi connectivity index (χ1n) is 3.02. The first-order chi connectivity index (χ1) is 5.31. The Kier molecular flexibility index (Phi) is 3.28. The van der Waals surface area contributed by atoms with E-state index in [1.54, 1.807) is 0 Å². The molecule has 0 heterocycles. The van der Waals surface area contributed by atoms with Crippen molar-refractivity contribution in [3.63, 3.8) is 0 Å². The van der Waals surface area contributed by atoms with Crippen molar-refractivity contribution in [1.82, 2.24) is 0 Å².